The number of benzene rings is 2. The third-order valence-corrected chi connectivity index (χ3v) is 5.24. The molecule has 4 rings (SSSR count). The summed E-state index contributed by atoms with van der Waals surface area (Å²) in [6, 6.07) is 14.3. The van der Waals surface area contributed by atoms with Crippen LogP contribution in [0.25, 0.3) is 16.7 Å². The topological polar surface area (TPSA) is 105 Å². The van der Waals surface area contributed by atoms with Gasteiger partial charge in [-0.3, -0.25) is 4.79 Å². The summed E-state index contributed by atoms with van der Waals surface area (Å²) in [5.41, 5.74) is 2.13. The molecule has 0 bridgehead atoms. The summed E-state index contributed by atoms with van der Waals surface area (Å²) in [7, 11) is 3.00. The van der Waals surface area contributed by atoms with Gasteiger partial charge in [-0.2, -0.15) is 9.78 Å². The fourth-order valence-corrected chi connectivity index (χ4v) is 3.56. The molecule has 0 aliphatic rings. The SMILES string of the molecule is CCOC(=O)c1cnn(-c2cc(C)c3ccccc3n2)c1NC(=O)c1cc(OC)cc(OC)c1. The first-order chi connectivity index (χ1) is 16.4. The number of anilines is 1. The lowest BCUT2D eigenvalue weighted by molar-refractivity contribution is 0.0527. The lowest BCUT2D eigenvalue weighted by atomic mass is 10.1. The maximum absolute atomic E-state index is 13.2. The van der Waals surface area contributed by atoms with E-state index in [0.717, 1.165) is 16.5 Å². The van der Waals surface area contributed by atoms with Crippen molar-refractivity contribution in [2.45, 2.75) is 13.8 Å². The minimum Gasteiger partial charge on any atom is -0.497 e. The quantitative estimate of drug-likeness (QED) is 0.413. The fourth-order valence-electron chi connectivity index (χ4n) is 3.56. The maximum atomic E-state index is 13.2. The van der Waals surface area contributed by atoms with Crippen molar-refractivity contribution in [1.82, 2.24) is 14.8 Å². The van der Waals surface area contributed by atoms with Crippen LogP contribution in [-0.4, -0.2) is 47.5 Å². The van der Waals surface area contributed by atoms with Gasteiger partial charge in [-0.05, 0) is 43.7 Å². The van der Waals surface area contributed by atoms with Crippen molar-refractivity contribution in [3.8, 4) is 17.3 Å². The average molecular weight is 460 g/mol. The molecule has 0 unspecified atom stereocenters. The molecule has 0 saturated heterocycles. The largest absolute Gasteiger partial charge is 0.497 e. The third kappa shape index (κ3) is 4.40. The Morgan fingerprint density at radius 3 is 2.41 bits per heavy atom. The number of aryl methyl sites for hydroxylation is 1. The highest BCUT2D eigenvalue weighted by Gasteiger charge is 2.23. The van der Waals surface area contributed by atoms with E-state index in [-0.39, 0.29) is 23.6 Å². The van der Waals surface area contributed by atoms with Gasteiger partial charge in [0.2, 0.25) is 0 Å². The molecule has 34 heavy (non-hydrogen) atoms. The number of carbonyl (C=O) groups excluding carboxylic acids is 2. The number of methoxy groups -OCH3 is 2. The molecule has 0 fully saturated rings. The Bertz CT molecular complexity index is 1360. The first-order valence-electron chi connectivity index (χ1n) is 10.6. The molecule has 1 amide bonds. The summed E-state index contributed by atoms with van der Waals surface area (Å²) in [4.78, 5) is 30.5. The smallest absolute Gasteiger partial charge is 0.343 e. The molecule has 2 aromatic carbocycles. The Balaban J connectivity index is 1.81. The first-order valence-corrected chi connectivity index (χ1v) is 10.6. The number of fused-ring (bicyclic) bond motifs is 1. The summed E-state index contributed by atoms with van der Waals surface area (Å²) in [6.07, 6.45) is 1.35. The van der Waals surface area contributed by atoms with E-state index >= 15 is 0 Å². The predicted molar refractivity (Wildman–Crippen MR) is 127 cm³/mol. The number of hydrogen-bond acceptors (Lipinski definition) is 7. The molecule has 0 atom stereocenters. The van der Waals surface area contributed by atoms with Crippen molar-refractivity contribution in [1.29, 1.82) is 0 Å². The Hall–Kier alpha value is -4.40. The fraction of sp³-hybridized carbons (Fsp3) is 0.200. The normalized spacial score (nSPS) is 10.7. The van der Waals surface area contributed by atoms with Crippen molar-refractivity contribution in [3.05, 3.63) is 71.4 Å². The second-order valence-corrected chi connectivity index (χ2v) is 7.41. The zero-order chi connectivity index (χ0) is 24.2. The number of nitrogens with zero attached hydrogens (tertiary/aromatic N) is 3. The van der Waals surface area contributed by atoms with Crippen LogP contribution in [0, 0.1) is 6.92 Å². The number of amides is 1. The molecule has 0 aliphatic heterocycles. The van der Waals surface area contributed by atoms with E-state index in [2.05, 4.69) is 15.4 Å². The van der Waals surface area contributed by atoms with Crippen LogP contribution in [0.2, 0.25) is 0 Å². The van der Waals surface area contributed by atoms with Crippen LogP contribution >= 0.6 is 0 Å². The van der Waals surface area contributed by atoms with Crippen LogP contribution < -0.4 is 14.8 Å². The van der Waals surface area contributed by atoms with Gasteiger partial charge in [0, 0.05) is 17.0 Å². The summed E-state index contributed by atoms with van der Waals surface area (Å²) >= 11 is 0. The van der Waals surface area contributed by atoms with Gasteiger partial charge in [0.1, 0.15) is 17.1 Å². The zero-order valence-corrected chi connectivity index (χ0v) is 19.3. The second kappa shape index (κ2) is 9.62. The number of para-hydroxylation sites is 1. The van der Waals surface area contributed by atoms with Crippen LogP contribution in [0.3, 0.4) is 0 Å². The molecule has 4 aromatic rings. The molecule has 9 heteroatoms. The summed E-state index contributed by atoms with van der Waals surface area (Å²) < 4.78 is 17.1. The number of pyridine rings is 1. The van der Waals surface area contributed by atoms with E-state index in [9.17, 15) is 9.59 Å². The van der Waals surface area contributed by atoms with Crippen LogP contribution in [-0.2, 0) is 4.74 Å². The number of esters is 1. The standard InChI is InChI=1S/C25H24N4O5/c1-5-34-25(31)20-14-26-29(22-10-15(2)19-8-6-7-9-21(19)27-22)23(20)28-24(30)16-11-17(32-3)13-18(12-16)33-4/h6-14H,5H2,1-4H3,(H,28,30). The molecule has 9 nitrogen and oxygen atoms in total. The van der Waals surface area contributed by atoms with Gasteiger partial charge < -0.3 is 19.5 Å². The average Bonchev–Trinajstić information content (AvgIpc) is 3.27. The Morgan fingerprint density at radius 1 is 1.03 bits per heavy atom. The van der Waals surface area contributed by atoms with E-state index in [1.54, 1.807) is 25.1 Å². The number of nitrogens with one attached hydrogen (secondary N) is 1. The lowest BCUT2D eigenvalue weighted by Gasteiger charge is -2.13. The lowest BCUT2D eigenvalue weighted by Crippen LogP contribution is -2.18. The molecular weight excluding hydrogens is 436 g/mol. The summed E-state index contributed by atoms with van der Waals surface area (Å²) in [5, 5.41) is 8.13. The highest BCUT2D eigenvalue weighted by Crippen LogP contribution is 2.27. The van der Waals surface area contributed by atoms with E-state index < -0.39 is 11.9 Å². The zero-order valence-electron chi connectivity index (χ0n) is 19.3. The van der Waals surface area contributed by atoms with Crippen LogP contribution in [0.15, 0.2) is 54.7 Å². The molecule has 2 heterocycles. The molecule has 2 aromatic heterocycles. The molecule has 0 aliphatic carbocycles. The van der Waals surface area contributed by atoms with Gasteiger partial charge in [0.15, 0.2) is 11.6 Å². The maximum Gasteiger partial charge on any atom is 0.343 e. The minimum absolute atomic E-state index is 0.109. The highest BCUT2D eigenvalue weighted by atomic mass is 16.5. The van der Waals surface area contributed by atoms with Gasteiger partial charge in [-0.1, -0.05) is 18.2 Å². The molecular formula is C25H24N4O5. The van der Waals surface area contributed by atoms with Crippen molar-refractivity contribution >= 4 is 28.6 Å². The van der Waals surface area contributed by atoms with E-state index in [1.165, 1.54) is 25.1 Å². The number of aromatic nitrogens is 3. The first kappa shape index (κ1) is 22.8. The molecule has 0 saturated carbocycles. The third-order valence-electron chi connectivity index (χ3n) is 5.24. The van der Waals surface area contributed by atoms with Crippen molar-refractivity contribution < 1.29 is 23.8 Å². The van der Waals surface area contributed by atoms with E-state index in [4.69, 9.17) is 14.2 Å². The van der Waals surface area contributed by atoms with Gasteiger partial charge in [0.05, 0.1) is 32.5 Å². The number of rotatable bonds is 7. The number of carbonyl (C=O) groups is 2. The van der Waals surface area contributed by atoms with Crippen molar-refractivity contribution in [2.24, 2.45) is 0 Å². The predicted octanol–water partition coefficient (Wildman–Crippen LogP) is 4.18. The summed E-state index contributed by atoms with van der Waals surface area (Å²) in [5.74, 6) is 0.412. The molecule has 174 valence electrons. The number of hydrogen-bond donors (Lipinski definition) is 1. The van der Waals surface area contributed by atoms with E-state index in [0.29, 0.717) is 17.3 Å². The molecule has 0 spiro atoms. The molecule has 0 radical (unpaired) electrons. The Labute approximate surface area is 196 Å². The Morgan fingerprint density at radius 2 is 1.74 bits per heavy atom. The minimum atomic E-state index is -0.607. The summed E-state index contributed by atoms with van der Waals surface area (Å²) in [6.45, 7) is 3.85. The Kier molecular flexibility index (Phi) is 6.44. The van der Waals surface area contributed by atoms with Gasteiger partial charge in [0.25, 0.3) is 5.91 Å². The monoisotopic (exact) mass is 460 g/mol. The molecule has 1 N–H and O–H groups in total. The van der Waals surface area contributed by atoms with Gasteiger partial charge in [-0.25, -0.2) is 9.78 Å². The van der Waals surface area contributed by atoms with Crippen LogP contribution in [0.5, 0.6) is 11.5 Å². The van der Waals surface area contributed by atoms with Gasteiger partial charge in [-0.15, -0.1) is 0 Å². The van der Waals surface area contributed by atoms with Crippen LogP contribution in [0.1, 0.15) is 33.2 Å². The van der Waals surface area contributed by atoms with Crippen molar-refractivity contribution in [2.75, 3.05) is 26.1 Å². The highest BCUT2D eigenvalue weighted by molar-refractivity contribution is 6.08. The van der Waals surface area contributed by atoms with Crippen molar-refractivity contribution in [3.63, 3.8) is 0 Å². The van der Waals surface area contributed by atoms with Crippen LogP contribution in [0.4, 0.5) is 5.82 Å². The van der Waals surface area contributed by atoms with Gasteiger partial charge >= 0.3 is 5.97 Å². The second-order valence-electron chi connectivity index (χ2n) is 7.41. The number of ether oxygens (including phenoxy) is 3. The van der Waals surface area contributed by atoms with E-state index in [1.807, 2.05) is 37.3 Å².